The molecule has 3 rings (SSSR count). The van der Waals surface area contributed by atoms with Gasteiger partial charge in [0.2, 0.25) is 0 Å². The number of hydrogen-bond donors (Lipinski definition) is 1. The first-order chi connectivity index (χ1) is 11.8. The number of aryl methyl sites for hydroxylation is 1. The summed E-state index contributed by atoms with van der Waals surface area (Å²) in [6.07, 6.45) is 4.43. The fraction of sp³-hybridized carbons (Fsp3) is 0.389. The van der Waals surface area contributed by atoms with Gasteiger partial charge in [-0.3, -0.25) is 0 Å². The van der Waals surface area contributed by atoms with E-state index >= 15 is 0 Å². The number of rotatable bonds is 2. The van der Waals surface area contributed by atoms with E-state index in [1.165, 1.54) is 5.56 Å². The van der Waals surface area contributed by atoms with Crippen LogP contribution in [-0.2, 0) is 4.74 Å². The fourth-order valence-electron chi connectivity index (χ4n) is 1.98. The van der Waals surface area contributed by atoms with Crippen molar-refractivity contribution in [3.8, 4) is 0 Å². The summed E-state index contributed by atoms with van der Waals surface area (Å²) in [5, 5.41) is 3.24. The van der Waals surface area contributed by atoms with Gasteiger partial charge in [0, 0.05) is 39.7 Å². The van der Waals surface area contributed by atoms with Gasteiger partial charge in [0.1, 0.15) is 12.1 Å². The summed E-state index contributed by atoms with van der Waals surface area (Å²) in [6, 6.07) is 12.2. The first-order valence-electron chi connectivity index (χ1n) is 8.00. The van der Waals surface area contributed by atoms with Crippen LogP contribution in [0.3, 0.4) is 0 Å². The summed E-state index contributed by atoms with van der Waals surface area (Å²) < 4.78 is 5.36. The Morgan fingerprint density at radius 1 is 1.17 bits per heavy atom. The maximum absolute atomic E-state index is 5.36. The van der Waals surface area contributed by atoms with E-state index in [0.717, 1.165) is 38.5 Å². The van der Waals surface area contributed by atoms with E-state index in [4.69, 9.17) is 4.74 Å². The van der Waals surface area contributed by atoms with Crippen molar-refractivity contribution in [2.45, 2.75) is 13.3 Å². The quantitative estimate of drug-likeness (QED) is 0.677. The molecule has 6 heteroatoms. The Balaban J connectivity index is 0.000000220. The summed E-state index contributed by atoms with van der Waals surface area (Å²) in [6.45, 7) is 8.81. The van der Waals surface area contributed by atoms with Gasteiger partial charge in [-0.15, -0.1) is 0 Å². The van der Waals surface area contributed by atoms with Crippen LogP contribution in [0.5, 0.6) is 0 Å². The molecule has 1 saturated heterocycles. The number of aromatic nitrogens is 2. The van der Waals surface area contributed by atoms with Crippen LogP contribution < -0.4 is 10.3 Å². The van der Waals surface area contributed by atoms with Crippen molar-refractivity contribution in [2.75, 3.05) is 38.3 Å². The fourth-order valence-corrected chi connectivity index (χ4v) is 1.98. The van der Waals surface area contributed by atoms with Gasteiger partial charge < -0.3 is 15.1 Å². The zero-order valence-electron chi connectivity index (χ0n) is 14.6. The number of ether oxygens (including phenoxy) is 1. The third-order valence-corrected chi connectivity index (χ3v) is 3.21. The summed E-state index contributed by atoms with van der Waals surface area (Å²) >= 11 is 0. The summed E-state index contributed by atoms with van der Waals surface area (Å²) in [4.78, 5) is 10.3. The lowest BCUT2D eigenvalue weighted by molar-refractivity contribution is 0.152. The number of nitrogens with zero attached hydrogens (tertiary/aromatic N) is 4. The lowest BCUT2D eigenvalue weighted by Crippen LogP contribution is -2.26. The number of hydrogen-bond acceptors (Lipinski definition) is 6. The van der Waals surface area contributed by atoms with Crippen LogP contribution in [0.2, 0.25) is 0 Å². The first kappa shape index (κ1) is 19.6. The van der Waals surface area contributed by atoms with Crippen molar-refractivity contribution in [3.05, 3.63) is 54.5 Å². The molecule has 24 heavy (non-hydrogen) atoms. The predicted molar refractivity (Wildman–Crippen MR) is 99.5 cm³/mol. The molecular weight excluding hydrogens is 302 g/mol. The summed E-state index contributed by atoms with van der Waals surface area (Å²) in [7, 11) is 1.70. The van der Waals surface area contributed by atoms with E-state index < -0.39 is 0 Å². The van der Waals surface area contributed by atoms with Crippen LogP contribution in [0.1, 0.15) is 12.0 Å². The second kappa shape index (κ2) is 13.0. The van der Waals surface area contributed by atoms with Gasteiger partial charge in [-0.1, -0.05) is 35.9 Å². The molecule has 1 fully saturated rings. The smallest absolute Gasteiger partial charge is 0.131 e. The molecular formula is C18H27N5O. The Morgan fingerprint density at radius 3 is 2.46 bits per heavy atom. The maximum atomic E-state index is 5.36. The molecule has 0 atom stereocenters. The molecule has 0 radical (unpaired) electrons. The molecule has 1 aromatic carbocycles. The van der Waals surface area contributed by atoms with Crippen LogP contribution in [0, 0.1) is 6.92 Å². The van der Waals surface area contributed by atoms with Crippen molar-refractivity contribution in [2.24, 2.45) is 5.10 Å². The van der Waals surface area contributed by atoms with Crippen molar-refractivity contribution >= 4 is 12.5 Å². The summed E-state index contributed by atoms with van der Waals surface area (Å²) in [5.74, 6) is 1.00. The van der Waals surface area contributed by atoms with E-state index in [1.807, 2.05) is 24.3 Å². The van der Waals surface area contributed by atoms with Crippen molar-refractivity contribution in [1.29, 1.82) is 0 Å². The minimum absolute atomic E-state index is 0.796. The van der Waals surface area contributed by atoms with Gasteiger partial charge in [-0.25, -0.2) is 9.97 Å². The minimum Gasteiger partial charge on any atom is -0.380 e. The van der Waals surface area contributed by atoms with E-state index in [2.05, 4.69) is 51.2 Å². The number of anilines is 1. The van der Waals surface area contributed by atoms with E-state index in [1.54, 1.807) is 19.6 Å². The Hall–Kier alpha value is -2.47. The highest BCUT2D eigenvalue weighted by Crippen LogP contribution is 2.10. The standard InChI is InChI=1S/C9H13N3O.C7H8.C2H6N2/c1-4-12(5-7-13-6-1)9-2-3-10-8-11-9;1-7-5-3-2-4-6-7;1-3-4-2/h2-3,8H,1,4-7H2;2-6H,1H3;4H,1H2,2H3. The Labute approximate surface area is 144 Å². The lowest BCUT2D eigenvalue weighted by Gasteiger charge is -2.19. The van der Waals surface area contributed by atoms with Crippen LogP contribution in [0.15, 0.2) is 54.0 Å². The topological polar surface area (TPSA) is 62.6 Å². The van der Waals surface area contributed by atoms with Crippen LogP contribution in [-0.4, -0.2) is 50.0 Å². The van der Waals surface area contributed by atoms with Gasteiger partial charge in [-0.2, -0.15) is 5.10 Å². The molecule has 0 saturated carbocycles. The Kier molecular flexibility index (Phi) is 10.6. The molecule has 2 aromatic rings. The largest absolute Gasteiger partial charge is 0.380 e. The van der Waals surface area contributed by atoms with Crippen LogP contribution in [0.4, 0.5) is 5.82 Å². The zero-order chi connectivity index (χ0) is 17.5. The van der Waals surface area contributed by atoms with Gasteiger partial charge in [0.25, 0.3) is 0 Å². The second-order valence-corrected chi connectivity index (χ2v) is 5.06. The van der Waals surface area contributed by atoms with Gasteiger partial charge in [-0.05, 0) is 19.4 Å². The average molecular weight is 329 g/mol. The normalized spacial score (nSPS) is 13.3. The Morgan fingerprint density at radius 2 is 1.92 bits per heavy atom. The number of hydrazone groups is 1. The molecule has 1 aliphatic rings. The predicted octanol–water partition coefficient (Wildman–Crippen LogP) is 2.52. The molecule has 0 amide bonds. The van der Waals surface area contributed by atoms with Gasteiger partial charge >= 0.3 is 0 Å². The minimum atomic E-state index is 0.796. The van der Waals surface area contributed by atoms with Crippen LogP contribution >= 0.6 is 0 Å². The molecule has 0 unspecified atom stereocenters. The lowest BCUT2D eigenvalue weighted by atomic mass is 10.2. The number of nitrogens with one attached hydrogen (secondary N) is 1. The highest BCUT2D eigenvalue weighted by atomic mass is 16.5. The molecule has 2 heterocycles. The van der Waals surface area contributed by atoms with Crippen molar-refractivity contribution < 1.29 is 4.74 Å². The third-order valence-electron chi connectivity index (χ3n) is 3.21. The zero-order valence-corrected chi connectivity index (χ0v) is 14.6. The van der Waals surface area contributed by atoms with Crippen LogP contribution in [0.25, 0.3) is 0 Å². The van der Waals surface area contributed by atoms with E-state index in [9.17, 15) is 0 Å². The monoisotopic (exact) mass is 329 g/mol. The molecule has 1 aliphatic heterocycles. The molecule has 6 nitrogen and oxygen atoms in total. The summed E-state index contributed by atoms with van der Waals surface area (Å²) in [5.41, 5.74) is 3.77. The average Bonchev–Trinajstić information content (AvgIpc) is 2.93. The molecule has 1 N–H and O–H groups in total. The molecule has 0 aliphatic carbocycles. The van der Waals surface area contributed by atoms with E-state index in [0.29, 0.717) is 0 Å². The van der Waals surface area contributed by atoms with E-state index in [-0.39, 0.29) is 0 Å². The van der Waals surface area contributed by atoms with Crippen molar-refractivity contribution in [1.82, 2.24) is 15.4 Å². The van der Waals surface area contributed by atoms with Gasteiger partial charge in [0.15, 0.2) is 0 Å². The maximum Gasteiger partial charge on any atom is 0.131 e. The van der Waals surface area contributed by atoms with Gasteiger partial charge in [0.05, 0.1) is 6.61 Å². The molecule has 0 bridgehead atoms. The third kappa shape index (κ3) is 8.85. The SMILES string of the molecule is C=NNC.Cc1ccccc1.c1cc(N2CCCOCC2)ncn1. The highest BCUT2D eigenvalue weighted by Gasteiger charge is 2.09. The molecule has 1 aromatic heterocycles. The highest BCUT2D eigenvalue weighted by molar-refractivity contribution is 5.36. The molecule has 0 spiro atoms. The molecule has 130 valence electrons. The first-order valence-corrected chi connectivity index (χ1v) is 8.00. The Bertz CT molecular complexity index is 528. The van der Waals surface area contributed by atoms with Crippen molar-refractivity contribution in [3.63, 3.8) is 0 Å². The number of benzene rings is 1. The second-order valence-electron chi connectivity index (χ2n) is 5.06.